The smallest absolute Gasteiger partial charge is 0.352 e. The van der Waals surface area contributed by atoms with Crippen LogP contribution in [-0.2, 0) is 19.2 Å². The molecule has 1 aromatic rings. The van der Waals surface area contributed by atoms with Gasteiger partial charge in [0.2, 0.25) is 11.8 Å². The molecule has 0 bridgehead atoms. The van der Waals surface area contributed by atoms with Crippen molar-refractivity contribution in [3.8, 4) is 5.75 Å². The third kappa shape index (κ3) is 5.29. The van der Waals surface area contributed by atoms with Crippen LogP contribution in [0.25, 0.3) is 0 Å². The third-order valence-corrected chi connectivity index (χ3v) is 8.53. The van der Waals surface area contributed by atoms with Gasteiger partial charge in [0.05, 0.1) is 5.75 Å². The number of aliphatic carboxylic acids is 1. The van der Waals surface area contributed by atoms with Crippen LogP contribution in [0, 0.1) is 0 Å². The second-order valence-corrected chi connectivity index (χ2v) is 10.7. The van der Waals surface area contributed by atoms with E-state index in [0.29, 0.717) is 35.9 Å². The number of carboxylic acids is 1. The number of phenolic OH excluding ortho intramolecular Hbond substituents is 1. The summed E-state index contributed by atoms with van der Waals surface area (Å²) in [6.45, 7) is 0.652. The molecule has 2 saturated heterocycles. The van der Waals surface area contributed by atoms with E-state index in [-0.39, 0.29) is 58.6 Å². The van der Waals surface area contributed by atoms with Gasteiger partial charge < -0.3 is 20.4 Å². The molecule has 3 N–H and O–H groups in total. The number of phenols is 1. The van der Waals surface area contributed by atoms with Crippen molar-refractivity contribution in [1.29, 1.82) is 0 Å². The van der Waals surface area contributed by atoms with Crippen molar-refractivity contribution in [2.75, 3.05) is 18.1 Å². The van der Waals surface area contributed by atoms with Gasteiger partial charge in [-0.25, -0.2) is 4.79 Å². The van der Waals surface area contributed by atoms with Crippen LogP contribution in [0.5, 0.6) is 5.75 Å². The van der Waals surface area contributed by atoms with Gasteiger partial charge in [0.1, 0.15) is 22.9 Å². The number of carboxylic acid groups (broad SMARTS) is 1. The number of thioether (sulfide) groups is 2. The number of fused-ring (bicyclic) bond motifs is 1. The van der Waals surface area contributed by atoms with Gasteiger partial charge in [0.25, 0.3) is 5.91 Å². The first-order chi connectivity index (χ1) is 16.3. The maximum atomic E-state index is 12.8. The number of carbonyl (C=O) groups is 4. The van der Waals surface area contributed by atoms with Crippen LogP contribution in [0.3, 0.4) is 0 Å². The summed E-state index contributed by atoms with van der Waals surface area (Å²) in [6, 6.07) is 5.96. The quantitative estimate of drug-likeness (QED) is 0.210. The molecule has 179 valence electrons. The molecule has 9 nitrogen and oxygen atoms in total. The zero-order valence-electron chi connectivity index (χ0n) is 19.1. The molecule has 2 atom stereocenters. The van der Waals surface area contributed by atoms with Crippen LogP contribution in [0.1, 0.15) is 19.3 Å². The van der Waals surface area contributed by atoms with Crippen molar-refractivity contribution in [2.45, 2.75) is 41.6 Å². The molecule has 1 saturated carbocycles. The molecular weight excluding hydrogens is 501 g/mol. The Hall–Kier alpha value is -1.92. The first-order valence-corrected chi connectivity index (χ1v) is 13.0. The molecule has 3 amide bonds. The standard InChI is InChI=1S/C23H23N3O6S2.Na/c27-15-3-5-16(6-4-15)33-11-17(28)24-18-21(30)26-19(23(31)32)13(10-34-22(18)26)9-12-7-8-25(20(12)29)14-1-2-14;/h3-6,9,14,18,22,27H,1-2,7-8,10-11H2,(H,24,28)(H,31,32);/t18-,22-;/m1./s1. The van der Waals surface area contributed by atoms with Crippen LogP contribution in [0.15, 0.2) is 52.1 Å². The summed E-state index contributed by atoms with van der Waals surface area (Å²) in [6.07, 6.45) is 4.25. The average molecular weight is 525 g/mol. The largest absolute Gasteiger partial charge is 0.508 e. The number of hydrogen-bond donors (Lipinski definition) is 3. The molecule has 1 radical (unpaired) electrons. The minimum atomic E-state index is -1.22. The SMILES string of the molecule is O=C(CSc1ccc(O)cc1)N[C@@H]1C(=O)N2C(C(=O)O)=C(C=C3CCN(C4CC4)C3=O)CS[C@H]12.[Na]. The Labute approximate surface area is 232 Å². The zero-order chi connectivity index (χ0) is 24.0. The molecule has 4 aliphatic rings. The number of hydrogen-bond acceptors (Lipinski definition) is 7. The third-order valence-electron chi connectivity index (χ3n) is 6.22. The van der Waals surface area contributed by atoms with E-state index in [1.165, 1.54) is 40.6 Å². The monoisotopic (exact) mass is 524 g/mol. The first kappa shape index (κ1) is 26.2. The van der Waals surface area contributed by atoms with Crippen molar-refractivity contribution in [1.82, 2.24) is 15.1 Å². The maximum absolute atomic E-state index is 12.8. The zero-order valence-corrected chi connectivity index (χ0v) is 22.7. The van der Waals surface area contributed by atoms with E-state index in [2.05, 4.69) is 5.32 Å². The first-order valence-electron chi connectivity index (χ1n) is 11.0. The van der Waals surface area contributed by atoms with Crippen molar-refractivity contribution in [3.63, 3.8) is 0 Å². The van der Waals surface area contributed by atoms with Crippen LogP contribution in [0.4, 0.5) is 0 Å². The molecule has 3 fully saturated rings. The number of carbonyl (C=O) groups excluding carboxylic acids is 3. The summed E-state index contributed by atoms with van der Waals surface area (Å²) < 4.78 is 0. The number of benzene rings is 1. The molecular formula is C23H23N3NaO6S2. The van der Waals surface area contributed by atoms with E-state index in [9.17, 15) is 29.4 Å². The Bertz CT molecular complexity index is 1130. The predicted molar refractivity (Wildman–Crippen MR) is 132 cm³/mol. The van der Waals surface area contributed by atoms with E-state index in [0.717, 1.165) is 17.7 Å². The van der Waals surface area contributed by atoms with Crippen LogP contribution in [0.2, 0.25) is 0 Å². The Morgan fingerprint density at radius 1 is 1.20 bits per heavy atom. The van der Waals surface area contributed by atoms with E-state index in [4.69, 9.17) is 0 Å². The number of allylic oxidation sites excluding steroid dienone is 1. The molecule has 0 spiro atoms. The number of nitrogens with zero attached hydrogens (tertiary/aromatic N) is 2. The number of rotatable bonds is 7. The van der Waals surface area contributed by atoms with Gasteiger partial charge in [-0.15, -0.1) is 23.5 Å². The van der Waals surface area contributed by atoms with Gasteiger partial charge in [0, 0.05) is 58.4 Å². The summed E-state index contributed by atoms with van der Waals surface area (Å²) in [7, 11) is 0. The van der Waals surface area contributed by atoms with E-state index in [1.54, 1.807) is 18.2 Å². The van der Waals surface area contributed by atoms with E-state index < -0.39 is 23.3 Å². The van der Waals surface area contributed by atoms with Crippen LogP contribution >= 0.6 is 23.5 Å². The van der Waals surface area contributed by atoms with Gasteiger partial charge in [-0.3, -0.25) is 19.3 Å². The molecule has 3 aliphatic heterocycles. The van der Waals surface area contributed by atoms with Gasteiger partial charge >= 0.3 is 5.97 Å². The van der Waals surface area contributed by atoms with Gasteiger partial charge in [0.15, 0.2) is 0 Å². The van der Waals surface area contributed by atoms with Crippen molar-refractivity contribution in [2.24, 2.45) is 0 Å². The van der Waals surface area contributed by atoms with Gasteiger partial charge in [-0.1, -0.05) is 0 Å². The fourth-order valence-corrected chi connectivity index (χ4v) is 6.39. The normalized spacial score (nSPS) is 24.7. The van der Waals surface area contributed by atoms with Gasteiger partial charge in [-0.2, -0.15) is 0 Å². The summed E-state index contributed by atoms with van der Waals surface area (Å²) >= 11 is 2.65. The molecule has 0 unspecified atom stereocenters. The fourth-order valence-electron chi connectivity index (χ4n) is 4.37. The van der Waals surface area contributed by atoms with Crippen molar-refractivity contribution in [3.05, 3.63) is 47.2 Å². The van der Waals surface area contributed by atoms with E-state index >= 15 is 0 Å². The Morgan fingerprint density at radius 2 is 1.91 bits per heavy atom. The molecule has 12 heteroatoms. The van der Waals surface area contributed by atoms with Gasteiger partial charge in [-0.05, 0) is 55.2 Å². The summed E-state index contributed by atoms with van der Waals surface area (Å²) in [5.41, 5.74) is 0.933. The number of amides is 3. The minimum Gasteiger partial charge on any atom is -0.508 e. The number of β-lactam (4-membered cyclic amide) rings is 1. The molecule has 5 rings (SSSR count). The summed E-state index contributed by atoms with van der Waals surface area (Å²) in [4.78, 5) is 53.8. The van der Waals surface area contributed by atoms with E-state index in [1.807, 2.05) is 4.90 Å². The summed E-state index contributed by atoms with van der Waals surface area (Å²) in [5.74, 6) is -1.50. The number of aromatic hydroxyl groups is 1. The Kier molecular flexibility index (Phi) is 7.92. The van der Waals surface area contributed by atoms with Crippen LogP contribution in [-0.4, -0.2) is 109 Å². The maximum Gasteiger partial charge on any atom is 0.352 e. The second-order valence-electron chi connectivity index (χ2n) is 8.57. The van der Waals surface area contributed by atoms with Crippen molar-refractivity contribution >= 4 is 76.8 Å². The molecule has 35 heavy (non-hydrogen) atoms. The molecule has 0 aromatic heterocycles. The summed E-state index contributed by atoms with van der Waals surface area (Å²) in [5, 5.41) is 21.4. The van der Waals surface area contributed by atoms with Crippen LogP contribution < -0.4 is 5.32 Å². The minimum absolute atomic E-state index is 0. The fraction of sp³-hybridized carbons (Fsp3) is 0.391. The van der Waals surface area contributed by atoms with Crippen molar-refractivity contribution < 1.29 is 29.4 Å². The number of nitrogens with one attached hydrogen (secondary N) is 1. The Balaban J connectivity index is 0.00000289. The molecule has 3 heterocycles. The number of likely N-dealkylation sites (tertiary alicyclic amines) is 1. The predicted octanol–water partition coefficient (Wildman–Crippen LogP) is 1.16. The Morgan fingerprint density at radius 3 is 2.57 bits per heavy atom. The average Bonchev–Trinajstić information content (AvgIpc) is 3.60. The topological polar surface area (TPSA) is 127 Å². The molecule has 1 aromatic carbocycles. The molecule has 1 aliphatic carbocycles. The second kappa shape index (κ2) is 10.6.